The summed E-state index contributed by atoms with van der Waals surface area (Å²) in [5, 5.41) is 8.64. The van der Waals surface area contributed by atoms with Crippen LogP contribution in [0.15, 0.2) is 12.1 Å². The fourth-order valence-corrected chi connectivity index (χ4v) is 1.23. The third-order valence-corrected chi connectivity index (χ3v) is 2.20. The molecule has 82 valence electrons. The van der Waals surface area contributed by atoms with Gasteiger partial charge in [0.15, 0.2) is 0 Å². The number of nitrogens with two attached hydrogens (primary N) is 1. The van der Waals surface area contributed by atoms with Gasteiger partial charge in [-0.05, 0) is 24.1 Å². The topological polar surface area (TPSA) is 63.3 Å². The van der Waals surface area contributed by atoms with Crippen molar-refractivity contribution in [3.63, 3.8) is 0 Å². The van der Waals surface area contributed by atoms with Gasteiger partial charge in [0.1, 0.15) is 11.6 Å². The summed E-state index contributed by atoms with van der Waals surface area (Å²) in [6, 6.07) is 1.56. The second-order valence-electron chi connectivity index (χ2n) is 3.30. The molecule has 1 atom stereocenters. The Labute approximate surface area is 85.5 Å². The van der Waals surface area contributed by atoms with Crippen molar-refractivity contribution >= 4 is 5.97 Å². The molecule has 1 rings (SSSR count). The highest BCUT2D eigenvalue weighted by Crippen LogP contribution is 2.21. The van der Waals surface area contributed by atoms with Crippen LogP contribution in [-0.2, 0) is 0 Å². The number of carbonyl (C=O) groups is 1. The van der Waals surface area contributed by atoms with Crippen molar-refractivity contribution in [2.75, 3.05) is 6.54 Å². The van der Waals surface area contributed by atoms with E-state index in [2.05, 4.69) is 0 Å². The number of halogens is 2. The summed E-state index contributed by atoms with van der Waals surface area (Å²) < 4.78 is 26.2. The van der Waals surface area contributed by atoms with E-state index in [0.29, 0.717) is 6.07 Å². The number of rotatable bonds is 3. The summed E-state index contributed by atoms with van der Waals surface area (Å²) in [5.41, 5.74) is 4.92. The van der Waals surface area contributed by atoms with Crippen molar-refractivity contribution < 1.29 is 18.7 Å². The Bertz CT molecular complexity index is 393. The smallest absolute Gasteiger partial charge is 0.338 e. The zero-order chi connectivity index (χ0) is 11.6. The molecular formula is C10H11F2NO2. The van der Waals surface area contributed by atoms with Crippen molar-refractivity contribution in [3.8, 4) is 0 Å². The molecule has 0 aliphatic heterocycles. The molecule has 0 amide bonds. The van der Waals surface area contributed by atoms with Crippen LogP contribution in [0.4, 0.5) is 8.78 Å². The molecule has 5 heteroatoms. The van der Waals surface area contributed by atoms with Crippen molar-refractivity contribution in [3.05, 3.63) is 34.9 Å². The Morgan fingerprint density at radius 1 is 1.47 bits per heavy atom. The van der Waals surface area contributed by atoms with E-state index in [0.717, 1.165) is 6.07 Å². The fraction of sp³-hybridized carbons (Fsp3) is 0.300. The minimum Gasteiger partial charge on any atom is -0.478 e. The molecule has 0 spiro atoms. The SMILES string of the molecule is CC(CN)c1cc(C(=O)O)c(F)cc1F. The van der Waals surface area contributed by atoms with Crippen LogP contribution in [0, 0.1) is 11.6 Å². The Kier molecular flexibility index (Phi) is 3.36. The van der Waals surface area contributed by atoms with Crippen LogP contribution in [-0.4, -0.2) is 17.6 Å². The average Bonchev–Trinajstić information content (AvgIpc) is 2.16. The number of hydrogen-bond donors (Lipinski definition) is 2. The number of benzene rings is 1. The lowest BCUT2D eigenvalue weighted by molar-refractivity contribution is 0.0691. The minimum absolute atomic E-state index is 0.122. The second kappa shape index (κ2) is 4.35. The molecule has 0 saturated heterocycles. The second-order valence-corrected chi connectivity index (χ2v) is 3.30. The van der Waals surface area contributed by atoms with E-state index in [9.17, 15) is 13.6 Å². The molecular weight excluding hydrogens is 204 g/mol. The Hall–Kier alpha value is -1.49. The highest BCUT2D eigenvalue weighted by atomic mass is 19.1. The van der Waals surface area contributed by atoms with Crippen LogP contribution < -0.4 is 5.73 Å². The molecule has 0 saturated carbocycles. The maximum absolute atomic E-state index is 13.2. The highest BCUT2D eigenvalue weighted by Gasteiger charge is 2.17. The zero-order valence-electron chi connectivity index (χ0n) is 8.13. The minimum atomic E-state index is -1.42. The molecule has 1 aromatic rings. The first-order chi connectivity index (χ1) is 6.97. The van der Waals surface area contributed by atoms with Crippen molar-refractivity contribution in [2.45, 2.75) is 12.8 Å². The van der Waals surface area contributed by atoms with Crippen molar-refractivity contribution in [1.29, 1.82) is 0 Å². The van der Waals surface area contributed by atoms with Gasteiger partial charge >= 0.3 is 5.97 Å². The van der Waals surface area contributed by atoms with Gasteiger partial charge in [0, 0.05) is 6.07 Å². The lowest BCUT2D eigenvalue weighted by Crippen LogP contribution is -2.12. The summed E-state index contributed by atoms with van der Waals surface area (Å²) in [4.78, 5) is 10.6. The lowest BCUT2D eigenvalue weighted by Gasteiger charge is -2.11. The van der Waals surface area contributed by atoms with Gasteiger partial charge in [-0.1, -0.05) is 6.92 Å². The van der Waals surface area contributed by atoms with Crippen LogP contribution in [0.1, 0.15) is 28.8 Å². The summed E-state index contributed by atoms with van der Waals surface area (Å²) in [7, 11) is 0. The van der Waals surface area contributed by atoms with Crippen LogP contribution in [0.3, 0.4) is 0 Å². The monoisotopic (exact) mass is 215 g/mol. The van der Waals surface area contributed by atoms with Gasteiger partial charge in [-0.3, -0.25) is 0 Å². The van der Waals surface area contributed by atoms with Crippen molar-refractivity contribution in [1.82, 2.24) is 0 Å². The van der Waals surface area contributed by atoms with E-state index in [1.54, 1.807) is 6.92 Å². The Balaban J connectivity index is 3.29. The largest absolute Gasteiger partial charge is 0.478 e. The van der Waals surface area contributed by atoms with E-state index in [1.165, 1.54) is 0 Å². The summed E-state index contributed by atoms with van der Waals surface area (Å²) in [6.45, 7) is 1.81. The quantitative estimate of drug-likeness (QED) is 0.807. The first-order valence-electron chi connectivity index (χ1n) is 4.39. The summed E-state index contributed by atoms with van der Waals surface area (Å²) in [5.74, 6) is -3.61. The standard InChI is InChI=1S/C10H11F2NO2/c1-5(4-13)6-2-7(10(14)15)9(12)3-8(6)11/h2-3,5H,4,13H2,1H3,(H,14,15). The highest BCUT2D eigenvalue weighted by molar-refractivity contribution is 5.88. The molecule has 3 nitrogen and oxygen atoms in total. The zero-order valence-corrected chi connectivity index (χ0v) is 8.13. The van der Waals surface area contributed by atoms with E-state index in [1.807, 2.05) is 0 Å². The molecule has 0 fully saturated rings. The molecule has 0 radical (unpaired) electrons. The molecule has 1 unspecified atom stereocenters. The van der Waals surface area contributed by atoms with E-state index in [4.69, 9.17) is 10.8 Å². The molecule has 3 N–H and O–H groups in total. The number of hydrogen-bond acceptors (Lipinski definition) is 2. The summed E-state index contributed by atoms with van der Waals surface area (Å²) in [6.07, 6.45) is 0. The van der Waals surface area contributed by atoms with Gasteiger partial charge < -0.3 is 10.8 Å². The fourth-order valence-electron chi connectivity index (χ4n) is 1.23. The molecule has 0 aliphatic rings. The molecule has 1 aromatic carbocycles. The Morgan fingerprint density at radius 3 is 2.53 bits per heavy atom. The molecule has 0 heterocycles. The predicted octanol–water partition coefficient (Wildman–Crippen LogP) is 1.73. The van der Waals surface area contributed by atoms with Crippen LogP contribution in [0.25, 0.3) is 0 Å². The van der Waals surface area contributed by atoms with Gasteiger partial charge in [0.2, 0.25) is 0 Å². The third-order valence-electron chi connectivity index (χ3n) is 2.20. The van der Waals surface area contributed by atoms with E-state index in [-0.39, 0.29) is 18.0 Å². The molecule has 0 aromatic heterocycles. The summed E-state index contributed by atoms with van der Waals surface area (Å²) >= 11 is 0. The van der Waals surface area contributed by atoms with Crippen LogP contribution >= 0.6 is 0 Å². The van der Waals surface area contributed by atoms with Crippen molar-refractivity contribution in [2.24, 2.45) is 5.73 Å². The first kappa shape index (κ1) is 11.6. The van der Waals surface area contributed by atoms with Crippen LogP contribution in [0.2, 0.25) is 0 Å². The number of carboxylic acid groups (broad SMARTS) is 1. The Morgan fingerprint density at radius 2 is 2.07 bits per heavy atom. The first-order valence-corrected chi connectivity index (χ1v) is 4.39. The van der Waals surface area contributed by atoms with E-state index >= 15 is 0 Å². The van der Waals surface area contributed by atoms with Gasteiger partial charge in [-0.25, -0.2) is 13.6 Å². The van der Waals surface area contributed by atoms with Gasteiger partial charge in [-0.2, -0.15) is 0 Å². The molecule has 15 heavy (non-hydrogen) atoms. The van der Waals surface area contributed by atoms with E-state index < -0.39 is 23.2 Å². The third kappa shape index (κ3) is 2.30. The molecule has 0 aliphatic carbocycles. The van der Waals surface area contributed by atoms with Gasteiger partial charge in [0.05, 0.1) is 5.56 Å². The lowest BCUT2D eigenvalue weighted by atomic mass is 9.98. The molecule has 0 bridgehead atoms. The maximum atomic E-state index is 13.2. The van der Waals surface area contributed by atoms with Crippen LogP contribution in [0.5, 0.6) is 0 Å². The predicted molar refractivity (Wildman–Crippen MR) is 50.8 cm³/mol. The average molecular weight is 215 g/mol. The van der Waals surface area contributed by atoms with Gasteiger partial charge in [0.25, 0.3) is 0 Å². The number of carboxylic acids is 1. The number of aromatic carboxylic acids is 1. The van der Waals surface area contributed by atoms with Gasteiger partial charge in [-0.15, -0.1) is 0 Å². The normalized spacial score (nSPS) is 12.5. The maximum Gasteiger partial charge on any atom is 0.338 e.